The van der Waals surface area contributed by atoms with Crippen molar-refractivity contribution in [1.82, 2.24) is 15.6 Å². The summed E-state index contributed by atoms with van der Waals surface area (Å²) >= 11 is 0. The van der Waals surface area contributed by atoms with Crippen molar-refractivity contribution in [1.29, 1.82) is 5.26 Å². The first-order chi connectivity index (χ1) is 10.3. The minimum atomic E-state index is -0.382. The van der Waals surface area contributed by atoms with Crippen LogP contribution in [0.25, 0.3) is 0 Å². The Hall–Kier alpha value is -2.39. The Labute approximate surface area is 124 Å². The summed E-state index contributed by atoms with van der Waals surface area (Å²) in [6, 6.07) is 5.62. The molecule has 1 rings (SSSR count). The van der Waals surface area contributed by atoms with Gasteiger partial charge in [0.25, 0.3) is 5.91 Å². The third-order valence-electron chi connectivity index (χ3n) is 2.60. The Morgan fingerprint density at radius 1 is 1.57 bits per heavy atom. The van der Waals surface area contributed by atoms with Crippen LogP contribution < -0.4 is 10.6 Å². The second-order valence-corrected chi connectivity index (χ2v) is 4.22. The van der Waals surface area contributed by atoms with Gasteiger partial charge in [0.15, 0.2) is 0 Å². The van der Waals surface area contributed by atoms with Crippen molar-refractivity contribution in [2.24, 2.45) is 0 Å². The molecule has 0 atom stereocenters. The van der Waals surface area contributed by atoms with E-state index in [1.807, 2.05) is 25.1 Å². The van der Waals surface area contributed by atoms with E-state index < -0.39 is 0 Å². The van der Waals surface area contributed by atoms with Gasteiger partial charge in [0.05, 0.1) is 0 Å². The molecular weight excluding hydrogens is 268 g/mol. The molecule has 112 valence electrons. The fourth-order valence-electron chi connectivity index (χ4n) is 1.54. The largest absolute Gasteiger partial charge is 0.386 e. The normalized spacial score (nSPS) is 10.8. The van der Waals surface area contributed by atoms with Gasteiger partial charge >= 0.3 is 0 Å². The highest BCUT2D eigenvalue weighted by Crippen LogP contribution is 1.96. The lowest BCUT2D eigenvalue weighted by Crippen LogP contribution is -2.27. The van der Waals surface area contributed by atoms with E-state index in [1.165, 1.54) is 6.20 Å². The number of hydrogen-bond donors (Lipinski definition) is 2. The lowest BCUT2D eigenvalue weighted by Gasteiger charge is -2.05. The van der Waals surface area contributed by atoms with Crippen molar-refractivity contribution >= 4 is 5.91 Å². The van der Waals surface area contributed by atoms with Crippen LogP contribution >= 0.6 is 0 Å². The Morgan fingerprint density at radius 2 is 2.43 bits per heavy atom. The number of carbonyl (C=O) groups is 1. The zero-order valence-electron chi connectivity index (χ0n) is 12.1. The molecule has 1 heterocycles. The molecule has 0 aliphatic heterocycles. The molecule has 0 saturated heterocycles. The van der Waals surface area contributed by atoms with Gasteiger partial charge < -0.3 is 15.4 Å². The zero-order chi connectivity index (χ0) is 15.3. The second-order valence-electron chi connectivity index (χ2n) is 4.22. The Kier molecular flexibility index (Phi) is 8.26. The smallest absolute Gasteiger partial charge is 0.263 e. The summed E-state index contributed by atoms with van der Waals surface area (Å²) in [7, 11) is 0. The highest BCUT2D eigenvalue weighted by atomic mass is 16.5. The van der Waals surface area contributed by atoms with Gasteiger partial charge in [-0.3, -0.25) is 9.78 Å². The lowest BCUT2D eigenvalue weighted by molar-refractivity contribution is -0.117. The molecule has 1 amide bonds. The number of nitrogens with one attached hydrogen (secondary N) is 2. The van der Waals surface area contributed by atoms with Crippen LogP contribution in [0.3, 0.4) is 0 Å². The van der Waals surface area contributed by atoms with Crippen LogP contribution in [-0.2, 0) is 16.1 Å². The third-order valence-corrected chi connectivity index (χ3v) is 2.60. The first-order valence-corrected chi connectivity index (χ1v) is 6.86. The monoisotopic (exact) mass is 288 g/mol. The average Bonchev–Trinajstić information content (AvgIpc) is 2.52. The predicted octanol–water partition coefficient (Wildman–Crippen LogP) is 1.12. The van der Waals surface area contributed by atoms with E-state index in [0.717, 1.165) is 12.0 Å². The van der Waals surface area contributed by atoms with Gasteiger partial charge in [-0.2, -0.15) is 5.26 Å². The minimum Gasteiger partial charge on any atom is -0.386 e. The minimum absolute atomic E-state index is 0.0512. The first-order valence-electron chi connectivity index (χ1n) is 6.86. The number of amides is 1. The summed E-state index contributed by atoms with van der Waals surface area (Å²) in [6.45, 7) is 4.18. The van der Waals surface area contributed by atoms with Gasteiger partial charge in [-0.15, -0.1) is 0 Å². The van der Waals surface area contributed by atoms with Crippen molar-refractivity contribution in [3.8, 4) is 6.07 Å². The van der Waals surface area contributed by atoms with Gasteiger partial charge in [0.2, 0.25) is 0 Å². The molecule has 0 spiro atoms. The molecule has 0 fully saturated rings. The topological polar surface area (TPSA) is 87.0 Å². The average molecular weight is 288 g/mol. The maximum atomic E-state index is 11.8. The maximum Gasteiger partial charge on any atom is 0.263 e. The third kappa shape index (κ3) is 7.09. The maximum absolute atomic E-state index is 11.8. The molecule has 0 unspecified atom stereocenters. The predicted molar refractivity (Wildman–Crippen MR) is 78.9 cm³/mol. The number of ether oxygens (including phenoxy) is 1. The highest BCUT2D eigenvalue weighted by Gasteiger charge is 2.07. The zero-order valence-corrected chi connectivity index (χ0v) is 12.1. The molecule has 2 N–H and O–H groups in total. The van der Waals surface area contributed by atoms with Gasteiger partial charge in [0, 0.05) is 44.9 Å². The van der Waals surface area contributed by atoms with Crippen LogP contribution in [0.15, 0.2) is 36.3 Å². The molecule has 21 heavy (non-hydrogen) atoms. The van der Waals surface area contributed by atoms with Crippen molar-refractivity contribution in [3.05, 3.63) is 41.9 Å². The van der Waals surface area contributed by atoms with Crippen molar-refractivity contribution in [3.63, 3.8) is 0 Å². The molecule has 0 aliphatic carbocycles. The molecule has 0 bridgehead atoms. The molecule has 1 aromatic rings. The van der Waals surface area contributed by atoms with E-state index in [2.05, 4.69) is 15.6 Å². The summed E-state index contributed by atoms with van der Waals surface area (Å²) in [6.07, 6.45) is 5.56. The molecular formula is C15H20N4O2. The summed E-state index contributed by atoms with van der Waals surface area (Å²) in [5.41, 5.74) is 1.03. The number of pyridine rings is 1. The SMILES string of the molecule is CCOCCCNC(=O)/C(C#N)=C\NCc1cccnc1. The van der Waals surface area contributed by atoms with E-state index >= 15 is 0 Å². The summed E-state index contributed by atoms with van der Waals surface area (Å²) in [5.74, 6) is -0.382. The van der Waals surface area contributed by atoms with Crippen molar-refractivity contribution in [2.75, 3.05) is 19.8 Å². The number of carbonyl (C=O) groups excluding carboxylic acids is 1. The van der Waals surface area contributed by atoms with Crippen LogP contribution in [0, 0.1) is 11.3 Å². The standard InChI is InChI=1S/C15H20N4O2/c1-2-21-8-4-7-19-15(20)14(9-16)12-18-11-13-5-3-6-17-10-13/h3,5-6,10,12,18H,2,4,7-8,11H2,1H3,(H,19,20)/b14-12-. The van der Waals surface area contributed by atoms with E-state index in [4.69, 9.17) is 10.00 Å². The van der Waals surface area contributed by atoms with E-state index in [9.17, 15) is 4.79 Å². The Balaban J connectivity index is 2.33. The number of nitrogens with zero attached hydrogens (tertiary/aromatic N) is 2. The Morgan fingerprint density at radius 3 is 3.10 bits per heavy atom. The summed E-state index contributed by atoms with van der Waals surface area (Å²) in [5, 5.41) is 14.6. The van der Waals surface area contributed by atoms with Crippen LogP contribution in [0.5, 0.6) is 0 Å². The fourth-order valence-corrected chi connectivity index (χ4v) is 1.54. The lowest BCUT2D eigenvalue weighted by atomic mass is 10.2. The van der Waals surface area contributed by atoms with Crippen LogP contribution in [0.1, 0.15) is 18.9 Å². The molecule has 0 radical (unpaired) electrons. The van der Waals surface area contributed by atoms with E-state index in [-0.39, 0.29) is 11.5 Å². The van der Waals surface area contributed by atoms with Crippen LogP contribution in [-0.4, -0.2) is 30.6 Å². The van der Waals surface area contributed by atoms with Crippen LogP contribution in [0.4, 0.5) is 0 Å². The molecule has 0 aromatic carbocycles. The van der Waals surface area contributed by atoms with Gasteiger partial charge in [-0.25, -0.2) is 0 Å². The van der Waals surface area contributed by atoms with E-state index in [1.54, 1.807) is 12.4 Å². The Bertz CT molecular complexity index is 494. The summed E-state index contributed by atoms with van der Waals surface area (Å²) < 4.78 is 5.17. The first kappa shape index (κ1) is 16.7. The second kappa shape index (κ2) is 10.4. The quantitative estimate of drug-likeness (QED) is 0.404. The van der Waals surface area contributed by atoms with Gasteiger partial charge in [0.1, 0.15) is 11.6 Å². The number of hydrogen-bond acceptors (Lipinski definition) is 5. The molecule has 1 aromatic heterocycles. The van der Waals surface area contributed by atoms with Crippen LogP contribution in [0.2, 0.25) is 0 Å². The summed E-state index contributed by atoms with van der Waals surface area (Å²) in [4.78, 5) is 15.7. The van der Waals surface area contributed by atoms with Crippen molar-refractivity contribution < 1.29 is 9.53 Å². The fraction of sp³-hybridized carbons (Fsp3) is 0.400. The highest BCUT2D eigenvalue weighted by molar-refractivity contribution is 5.97. The number of nitriles is 1. The van der Waals surface area contributed by atoms with Gasteiger partial charge in [-0.05, 0) is 25.0 Å². The van der Waals surface area contributed by atoms with Crippen molar-refractivity contribution in [2.45, 2.75) is 19.9 Å². The number of aromatic nitrogens is 1. The molecule has 6 nitrogen and oxygen atoms in total. The molecule has 0 saturated carbocycles. The number of rotatable bonds is 9. The molecule has 0 aliphatic rings. The van der Waals surface area contributed by atoms with E-state index in [0.29, 0.717) is 26.3 Å². The van der Waals surface area contributed by atoms with Gasteiger partial charge in [-0.1, -0.05) is 6.07 Å². The molecule has 6 heteroatoms.